The number of benzene rings is 3. The van der Waals surface area contributed by atoms with Crippen molar-refractivity contribution < 1.29 is 23.9 Å². The van der Waals surface area contributed by atoms with E-state index in [9.17, 15) is 19.2 Å². The molecule has 0 saturated carbocycles. The summed E-state index contributed by atoms with van der Waals surface area (Å²) in [5.74, 6) is -3.02. The molecule has 0 aliphatic carbocycles. The number of aromatic nitrogens is 1. The maximum atomic E-state index is 14.1. The van der Waals surface area contributed by atoms with E-state index in [-0.39, 0.29) is 23.4 Å². The van der Waals surface area contributed by atoms with Crippen molar-refractivity contribution in [2.45, 2.75) is 20.8 Å². The predicted octanol–water partition coefficient (Wildman–Crippen LogP) is 5.92. The number of carbonyl (C=O) groups excluding carboxylic acids is 4. The lowest BCUT2D eigenvalue weighted by Gasteiger charge is -2.08. The molecular weight excluding hydrogens is 478 g/mol. The Morgan fingerprint density at radius 3 is 1.89 bits per heavy atom. The van der Waals surface area contributed by atoms with Gasteiger partial charge < -0.3 is 9.14 Å². The van der Waals surface area contributed by atoms with Crippen LogP contribution in [0, 0.1) is 13.8 Å². The molecule has 188 valence electrons. The molecule has 0 N–H and O–H groups in total. The van der Waals surface area contributed by atoms with E-state index in [1.165, 1.54) is 0 Å². The van der Waals surface area contributed by atoms with Gasteiger partial charge in [-0.05, 0) is 32.2 Å². The Morgan fingerprint density at radius 1 is 0.711 bits per heavy atom. The highest BCUT2D eigenvalue weighted by Crippen LogP contribution is 2.34. The average Bonchev–Trinajstić information content (AvgIpc) is 3.28. The Morgan fingerprint density at radius 2 is 1.29 bits per heavy atom. The highest BCUT2D eigenvalue weighted by molar-refractivity contribution is 6.46. The summed E-state index contributed by atoms with van der Waals surface area (Å²) in [5, 5.41) is 1.42. The number of ether oxygens (including phenoxy) is 1. The van der Waals surface area contributed by atoms with Crippen molar-refractivity contribution in [1.82, 2.24) is 4.40 Å². The van der Waals surface area contributed by atoms with Crippen LogP contribution in [0.1, 0.15) is 60.4 Å². The summed E-state index contributed by atoms with van der Waals surface area (Å²) in [4.78, 5) is 54.6. The zero-order valence-corrected chi connectivity index (χ0v) is 21.3. The van der Waals surface area contributed by atoms with E-state index in [1.54, 1.807) is 66.1 Å². The monoisotopic (exact) mass is 503 g/mol. The van der Waals surface area contributed by atoms with Gasteiger partial charge in [-0.15, -0.1) is 0 Å². The van der Waals surface area contributed by atoms with Gasteiger partial charge >= 0.3 is 5.97 Å². The number of esters is 1. The Kier molecular flexibility index (Phi) is 6.47. The average molecular weight is 504 g/mol. The van der Waals surface area contributed by atoms with Gasteiger partial charge in [-0.25, -0.2) is 4.79 Å². The van der Waals surface area contributed by atoms with Crippen LogP contribution in [0.15, 0.2) is 85.1 Å². The molecule has 5 aromatic rings. The fourth-order valence-corrected chi connectivity index (χ4v) is 4.67. The third-order valence-electron chi connectivity index (χ3n) is 6.58. The molecule has 0 spiro atoms. The molecule has 0 saturated heterocycles. The number of hydrogen-bond donors (Lipinski definition) is 0. The number of Topliss-reactive ketones (excluding diaryl/α,β-unsaturated/α-hetero) is 1. The number of hydrogen-bond acceptors (Lipinski definition) is 5. The molecule has 0 aliphatic heterocycles. The lowest BCUT2D eigenvalue weighted by molar-refractivity contribution is -0.137. The molecule has 0 fully saturated rings. The number of nitrogens with zero attached hydrogens (tertiary/aromatic N) is 1. The van der Waals surface area contributed by atoms with Gasteiger partial charge in [-0.1, -0.05) is 83.9 Å². The van der Waals surface area contributed by atoms with Crippen molar-refractivity contribution in [1.29, 1.82) is 0 Å². The molecule has 6 heteroatoms. The van der Waals surface area contributed by atoms with E-state index in [0.717, 1.165) is 16.5 Å². The highest BCUT2D eigenvalue weighted by atomic mass is 16.5. The molecule has 0 aliphatic rings. The van der Waals surface area contributed by atoms with Gasteiger partial charge in [0, 0.05) is 22.7 Å². The summed E-state index contributed by atoms with van der Waals surface area (Å²) in [7, 11) is 0. The standard InChI is InChI=1S/C32H25NO5/c1-4-38-32(37)31(36)25-26(29(34)22-13-9-19(2)10-14-22)28(30(35)23-15-11-20(3)12-16-23)33-18-17-21-7-5-6-8-24(21)27(25)33/h5-18H,4H2,1-3H3. The first-order valence-corrected chi connectivity index (χ1v) is 12.3. The van der Waals surface area contributed by atoms with Crippen molar-refractivity contribution >= 4 is 39.6 Å². The first-order valence-electron chi connectivity index (χ1n) is 12.3. The summed E-state index contributed by atoms with van der Waals surface area (Å²) in [6, 6.07) is 23.0. The highest BCUT2D eigenvalue weighted by Gasteiger charge is 2.35. The van der Waals surface area contributed by atoms with Gasteiger partial charge in [0.25, 0.3) is 5.78 Å². The van der Waals surface area contributed by atoms with Gasteiger partial charge in [0.1, 0.15) is 5.69 Å². The van der Waals surface area contributed by atoms with Gasteiger partial charge in [0.2, 0.25) is 5.78 Å². The van der Waals surface area contributed by atoms with E-state index in [2.05, 4.69) is 0 Å². The minimum atomic E-state index is -1.08. The van der Waals surface area contributed by atoms with Crippen molar-refractivity contribution in [3.63, 3.8) is 0 Å². The van der Waals surface area contributed by atoms with Crippen LogP contribution >= 0.6 is 0 Å². The van der Waals surface area contributed by atoms with Crippen LogP contribution < -0.4 is 0 Å². The third-order valence-corrected chi connectivity index (χ3v) is 6.58. The molecule has 0 radical (unpaired) electrons. The number of rotatable bonds is 7. The maximum absolute atomic E-state index is 14.1. The van der Waals surface area contributed by atoms with E-state index in [0.29, 0.717) is 22.0 Å². The molecule has 0 atom stereocenters. The molecule has 3 aromatic carbocycles. The SMILES string of the molecule is CCOC(=O)C(=O)c1c(C(=O)c2ccc(C)cc2)c(C(=O)c2ccc(C)cc2)n2ccc3ccccc3c12. The zero-order chi connectivity index (χ0) is 27.0. The normalized spacial score (nSPS) is 11.0. The molecule has 0 amide bonds. The Hall–Kier alpha value is -4.84. The number of aryl methyl sites for hydroxylation is 2. The fraction of sp³-hybridized carbons (Fsp3) is 0.125. The third kappa shape index (κ3) is 4.20. The fourth-order valence-electron chi connectivity index (χ4n) is 4.67. The molecular formula is C32H25NO5. The second kappa shape index (κ2) is 9.90. The molecule has 0 unspecified atom stereocenters. The Labute approximate surface area is 219 Å². The van der Waals surface area contributed by atoms with Crippen molar-refractivity contribution in [3.05, 3.63) is 124 Å². The molecule has 6 nitrogen and oxygen atoms in total. The lowest BCUT2D eigenvalue weighted by atomic mass is 9.93. The predicted molar refractivity (Wildman–Crippen MR) is 145 cm³/mol. The van der Waals surface area contributed by atoms with E-state index in [4.69, 9.17) is 4.74 Å². The van der Waals surface area contributed by atoms with Crippen molar-refractivity contribution in [3.8, 4) is 0 Å². The number of fused-ring (bicyclic) bond motifs is 3. The molecule has 2 aromatic heterocycles. The Balaban J connectivity index is 1.92. The van der Waals surface area contributed by atoms with E-state index < -0.39 is 23.3 Å². The molecule has 2 heterocycles. The van der Waals surface area contributed by atoms with Crippen LogP contribution in [0.25, 0.3) is 16.3 Å². The van der Waals surface area contributed by atoms with Crippen molar-refractivity contribution in [2.24, 2.45) is 0 Å². The van der Waals surface area contributed by atoms with Crippen LogP contribution in [-0.4, -0.2) is 34.3 Å². The number of pyridine rings is 1. The molecule has 38 heavy (non-hydrogen) atoms. The topological polar surface area (TPSA) is 81.9 Å². The molecule has 0 bridgehead atoms. The van der Waals surface area contributed by atoms with Crippen LogP contribution in [0.2, 0.25) is 0 Å². The maximum Gasteiger partial charge on any atom is 0.379 e. The summed E-state index contributed by atoms with van der Waals surface area (Å²) >= 11 is 0. The quantitative estimate of drug-likeness (QED) is 0.157. The van der Waals surface area contributed by atoms with Gasteiger partial charge in [0.05, 0.1) is 23.3 Å². The summed E-state index contributed by atoms with van der Waals surface area (Å²) in [6.45, 7) is 5.40. The number of ketones is 3. The van der Waals surface area contributed by atoms with Crippen LogP contribution in [0.4, 0.5) is 0 Å². The van der Waals surface area contributed by atoms with Crippen molar-refractivity contribution in [2.75, 3.05) is 6.61 Å². The first kappa shape index (κ1) is 24.8. The minimum Gasteiger partial charge on any atom is -0.460 e. The van der Waals surface area contributed by atoms with E-state index in [1.807, 2.05) is 44.2 Å². The van der Waals surface area contributed by atoms with Gasteiger partial charge in [-0.2, -0.15) is 0 Å². The Bertz CT molecular complexity index is 1740. The van der Waals surface area contributed by atoms with Gasteiger partial charge in [-0.3, -0.25) is 14.4 Å². The van der Waals surface area contributed by atoms with Gasteiger partial charge in [0.15, 0.2) is 5.78 Å². The second-order valence-electron chi connectivity index (χ2n) is 9.16. The summed E-state index contributed by atoms with van der Waals surface area (Å²) < 4.78 is 6.60. The lowest BCUT2D eigenvalue weighted by Crippen LogP contribution is -2.21. The summed E-state index contributed by atoms with van der Waals surface area (Å²) in [5.41, 5.74) is 2.66. The largest absolute Gasteiger partial charge is 0.460 e. The molecule has 5 rings (SSSR count). The smallest absolute Gasteiger partial charge is 0.379 e. The zero-order valence-electron chi connectivity index (χ0n) is 21.3. The second-order valence-corrected chi connectivity index (χ2v) is 9.16. The first-order chi connectivity index (χ1) is 18.3. The number of carbonyl (C=O) groups is 4. The van der Waals surface area contributed by atoms with E-state index >= 15 is 0 Å². The summed E-state index contributed by atoms with van der Waals surface area (Å²) in [6.07, 6.45) is 1.66. The van der Waals surface area contributed by atoms with Crippen LogP contribution in [0.5, 0.6) is 0 Å². The van der Waals surface area contributed by atoms with Crippen LogP contribution in [0.3, 0.4) is 0 Å². The minimum absolute atomic E-state index is 0.00645. The van der Waals surface area contributed by atoms with Crippen LogP contribution in [-0.2, 0) is 9.53 Å².